The van der Waals surface area contributed by atoms with Gasteiger partial charge in [0.15, 0.2) is 0 Å². The second-order valence-corrected chi connectivity index (χ2v) is 6.76. The van der Waals surface area contributed by atoms with Crippen LogP contribution in [0.5, 0.6) is 0 Å². The van der Waals surface area contributed by atoms with Crippen LogP contribution < -0.4 is 0 Å². The molecule has 0 nitrogen and oxygen atoms in total. The summed E-state index contributed by atoms with van der Waals surface area (Å²) in [6.45, 7) is 15.7. The summed E-state index contributed by atoms with van der Waals surface area (Å²) in [6, 6.07) is 8.94. The smallest absolute Gasteiger partial charge is 0.0165 e. The highest BCUT2D eigenvalue weighted by Crippen LogP contribution is 2.31. The SMILES string of the molecule is C=C(C(CCc1ccc(C)cc1)=C(C)C)C(CCC)CCC. The van der Waals surface area contributed by atoms with Crippen molar-refractivity contribution in [3.05, 3.63) is 58.7 Å². The van der Waals surface area contributed by atoms with Crippen molar-refractivity contribution in [2.24, 2.45) is 5.92 Å². The zero-order chi connectivity index (χ0) is 16.5. The van der Waals surface area contributed by atoms with E-state index in [1.54, 1.807) is 0 Å². The zero-order valence-corrected chi connectivity index (χ0v) is 15.3. The van der Waals surface area contributed by atoms with E-state index in [1.807, 2.05) is 0 Å². The van der Waals surface area contributed by atoms with Crippen molar-refractivity contribution in [1.29, 1.82) is 0 Å². The second kappa shape index (κ2) is 9.66. The van der Waals surface area contributed by atoms with Crippen molar-refractivity contribution in [3.8, 4) is 0 Å². The van der Waals surface area contributed by atoms with Crippen LogP contribution >= 0.6 is 0 Å². The Morgan fingerprint density at radius 3 is 2.00 bits per heavy atom. The van der Waals surface area contributed by atoms with Crippen molar-refractivity contribution in [3.63, 3.8) is 0 Å². The maximum absolute atomic E-state index is 4.48. The molecule has 0 bridgehead atoms. The molecule has 0 N–H and O–H groups in total. The molecule has 0 heterocycles. The lowest BCUT2D eigenvalue weighted by Gasteiger charge is -2.22. The molecular weight excluding hydrogens is 264 g/mol. The first-order valence-electron chi connectivity index (χ1n) is 8.90. The predicted octanol–water partition coefficient (Wildman–Crippen LogP) is 7.04. The van der Waals surface area contributed by atoms with Crippen molar-refractivity contribution in [2.45, 2.75) is 73.1 Å². The first-order chi connectivity index (χ1) is 10.5. The summed E-state index contributed by atoms with van der Waals surface area (Å²) in [5.74, 6) is 0.665. The number of hydrogen-bond acceptors (Lipinski definition) is 0. The van der Waals surface area contributed by atoms with Crippen LogP contribution in [-0.2, 0) is 6.42 Å². The molecule has 122 valence electrons. The Kier molecular flexibility index (Phi) is 8.24. The molecule has 0 fully saturated rings. The van der Waals surface area contributed by atoms with E-state index >= 15 is 0 Å². The molecule has 0 aromatic heterocycles. The molecule has 1 aromatic rings. The standard InChI is InChI=1S/C22H34/c1-7-9-21(10-8-2)19(6)22(17(3)4)16-15-20-13-11-18(5)12-14-20/h11-14,21H,6-10,15-16H2,1-5H3. The van der Waals surface area contributed by atoms with E-state index in [4.69, 9.17) is 0 Å². The summed E-state index contributed by atoms with van der Waals surface area (Å²) in [5.41, 5.74) is 7.11. The highest BCUT2D eigenvalue weighted by Gasteiger charge is 2.15. The third-order valence-corrected chi connectivity index (χ3v) is 4.54. The third kappa shape index (κ3) is 5.83. The van der Waals surface area contributed by atoms with Gasteiger partial charge in [-0.25, -0.2) is 0 Å². The molecule has 0 saturated heterocycles. The summed E-state index contributed by atoms with van der Waals surface area (Å²) < 4.78 is 0. The zero-order valence-electron chi connectivity index (χ0n) is 15.3. The molecule has 0 unspecified atom stereocenters. The molecule has 0 aliphatic carbocycles. The fourth-order valence-electron chi connectivity index (χ4n) is 3.19. The van der Waals surface area contributed by atoms with E-state index in [1.165, 1.54) is 53.5 Å². The van der Waals surface area contributed by atoms with E-state index in [-0.39, 0.29) is 0 Å². The summed E-state index contributed by atoms with van der Waals surface area (Å²) in [6.07, 6.45) is 7.27. The van der Waals surface area contributed by atoms with Crippen molar-refractivity contribution < 1.29 is 0 Å². The van der Waals surface area contributed by atoms with Gasteiger partial charge < -0.3 is 0 Å². The van der Waals surface area contributed by atoms with E-state index in [2.05, 4.69) is 65.5 Å². The van der Waals surface area contributed by atoms with Crippen LogP contribution in [0, 0.1) is 12.8 Å². The number of hydrogen-bond donors (Lipinski definition) is 0. The van der Waals surface area contributed by atoms with Crippen molar-refractivity contribution in [2.75, 3.05) is 0 Å². The van der Waals surface area contributed by atoms with E-state index in [9.17, 15) is 0 Å². The number of rotatable bonds is 9. The summed E-state index contributed by atoms with van der Waals surface area (Å²) in [5, 5.41) is 0. The van der Waals surface area contributed by atoms with Crippen LogP contribution in [0.15, 0.2) is 47.6 Å². The van der Waals surface area contributed by atoms with Gasteiger partial charge in [0, 0.05) is 0 Å². The maximum atomic E-state index is 4.48. The summed E-state index contributed by atoms with van der Waals surface area (Å²) in [7, 11) is 0. The monoisotopic (exact) mass is 298 g/mol. The van der Waals surface area contributed by atoms with Gasteiger partial charge in [0.25, 0.3) is 0 Å². The third-order valence-electron chi connectivity index (χ3n) is 4.54. The van der Waals surface area contributed by atoms with Gasteiger partial charge in [-0.3, -0.25) is 0 Å². The number of benzene rings is 1. The van der Waals surface area contributed by atoms with Crippen LogP contribution in [0.1, 0.15) is 70.9 Å². The van der Waals surface area contributed by atoms with E-state index in [0.29, 0.717) is 5.92 Å². The summed E-state index contributed by atoms with van der Waals surface area (Å²) in [4.78, 5) is 0. The van der Waals surface area contributed by atoms with Gasteiger partial charge in [-0.05, 0) is 69.1 Å². The Hall–Kier alpha value is -1.30. The maximum Gasteiger partial charge on any atom is -0.0165 e. The molecule has 0 saturated carbocycles. The number of allylic oxidation sites excluding steroid dienone is 3. The first-order valence-corrected chi connectivity index (χ1v) is 8.90. The van der Waals surface area contributed by atoms with Crippen molar-refractivity contribution >= 4 is 0 Å². The Balaban J connectivity index is 2.78. The molecule has 1 rings (SSSR count). The van der Waals surface area contributed by atoms with Crippen LogP contribution in [0.3, 0.4) is 0 Å². The van der Waals surface area contributed by atoms with E-state index < -0.39 is 0 Å². The minimum absolute atomic E-state index is 0.665. The topological polar surface area (TPSA) is 0 Å². The lowest BCUT2D eigenvalue weighted by molar-refractivity contribution is 0.506. The molecule has 0 heteroatoms. The molecule has 0 aliphatic heterocycles. The van der Waals surface area contributed by atoms with Crippen molar-refractivity contribution in [1.82, 2.24) is 0 Å². The van der Waals surface area contributed by atoms with Crippen LogP contribution in [0.4, 0.5) is 0 Å². The fraction of sp³-hybridized carbons (Fsp3) is 0.545. The quantitative estimate of drug-likeness (QED) is 0.429. The van der Waals surface area contributed by atoms with Gasteiger partial charge in [-0.15, -0.1) is 0 Å². The van der Waals surface area contributed by atoms with Gasteiger partial charge >= 0.3 is 0 Å². The minimum Gasteiger partial charge on any atom is -0.0953 e. The average molecular weight is 299 g/mol. The molecule has 22 heavy (non-hydrogen) atoms. The van der Waals surface area contributed by atoms with Gasteiger partial charge in [0.05, 0.1) is 0 Å². The molecule has 0 atom stereocenters. The molecule has 1 aromatic carbocycles. The largest absolute Gasteiger partial charge is 0.0953 e. The van der Waals surface area contributed by atoms with E-state index in [0.717, 1.165) is 12.8 Å². The minimum atomic E-state index is 0.665. The van der Waals surface area contributed by atoms with Crippen LogP contribution in [0.25, 0.3) is 0 Å². The lowest BCUT2D eigenvalue weighted by atomic mass is 9.83. The first kappa shape index (κ1) is 18.7. The van der Waals surface area contributed by atoms with Crippen LogP contribution in [-0.4, -0.2) is 0 Å². The average Bonchev–Trinajstić information content (AvgIpc) is 2.48. The molecular formula is C22H34. The fourth-order valence-corrected chi connectivity index (χ4v) is 3.19. The molecule has 0 radical (unpaired) electrons. The van der Waals surface area contributed by atoms with Crippen LogP contribution in [0.2, 0.25) is 0 Å². The Morgan fingerprint density at radius 1 is 1.00 bits per heavy atom. The number of aryl methyl sites for hydroxylation is 2. The Morgan fingerprint density at radius 2 is 1.55 bits per heavy atom. The van der Waals surface area contributed by atoms with Gasteiger partial charge in [-0.1, -0.05) is 68.7 Å². The molecule has 0 spiro atoms. The molecule has 0 aliphatic rings. The van der Waals surface area contributed by atoms with Gasteiger partial charge in [0.1, 0.15) is 0 Å². The predicted molar refractivity (Wildman–Crippen MR) is 100 cm³/mol. The highest BCUT2D eigenvalue weighted by molar-refractivity contribution is 5.35. The highest BCUT2D eigenvalue weighted by atomic mass is 14.2. The Bertz CT molecular complexity index is 477. The summed E-state index contributed by atoms with van der Waals surface area (Å²) >= 11 is 0. The van der Waals surface area contributed by atoms with Gasteiger partial charge in [0.2, 0.25) is 0 Å². The lowest BCUT2D eigenvalue weighted by Crippen LogP contribution is -2.07. The second-order valence-electron chi connectivity index (χ2n) is 6.76. The van der Waals surface area contributed by atoms with Gasteiger partial charge in [-0.2, -0.15) is 0 Å². The normalized spacial score (nSPS) is 10.8. The molecule has 0 amide bonds. The Labute approximate surface area is 138 Å².